The maximum Gasteiger partial charge on any atom is 0.305 e. The summed E-state index contributed by atoms with van der Waals surface area (Å²) in [5.41, 5.74) is -0.559. The zero-order chi connectivity index (χ0) is 25.0. The van der Waals surface area contributed by atoms with Crippen LogP contribution in [0.15, 0.2) is 0 Å². The second kappa shape index (κ2) is 19.8. The highest BCUT2D eigenvalue weighted by atomic mass is 16.5. The lowest BCUT2D eigenvalue weighted by Crippen LogP contribution is -2.47. The van der Waals surface area contributed by atoms with E-state index in [1.54, 1.807) is 0 Å². The maximum absolute atomic E-state index is 12.2. The van der Waals surface area contributed by atoms with Gasteiger partial charge in [-0.15, -0.1) is 0 Å². The summed E-state index contributed by atoms with van der Waals surface area (Å²) in [7, 11) is 3.90. The van der Waals surface area contributed by atoms with E-state index < -0.39 is 5.54 Å². The molecule has 0 heterocycles. The third-order valence-corrected chi connectivity index (χ3v) is 5.39. The van der Waals surface area contributed by atoms with Gasteiger partial charge in [0, 0.05) is 25.8 Å². The summed E-state index contributed by atoms with van der Waals surface area (Å²) in [6, 6.07) is 0. The number of amides is 1. The summed E-state index contributed by atoms with van der Waals surface area (Å²) in [5.74, 6) is -0.305. The lowest BCUT2D eigenvalue weighted by molar-refractivity contribution is -0.146. The standard InChI is InChI=1S/C26H50N2O5/c1-6-7-8-11-15-19-25(31)33-22-26(2,3)27-23(29)17-14-12-9-10-13-16-18-24(30)32-21-20-28(4)5/h6-22H2,1-5H3,(H,27,29). The van der Waals surface area contributed by atoms with E-state index in [0.717, 1.165) is 64.3 Å². The van der Waals surface area contributed by atoms with Gasteiger partial charge in [0.05, 0.1) is 5.54 Å². The number of nitrogens with zero attached hydrogens (tertiary/aromatic N) is 1. The van der Waals surface area contributed by atoms with E-state index in [0.29, 0.717) is 25.9 Å². The molecule has 0 atom stereocenters. The first-order valence-electron chi connectivity index (χ1n) is 12.9. The van der Waals surface area contributed by atoms with Crippen LogP contribution in [0.5, 0.6) is 0 Å². The fourth-order valence-corrected chi connectivity index (χ4v) is 3.36. The van der Waals surface area contributed by atoms with Gasteiger partial charge in [-0.1, -0.05) is 58.3 Å². The second-order valence-electron chi connectivity index (χ2n) is 9.90. The molecule has 194 valence electrons. The molecule has 0 aliphatic heterocycles. The van der Waals surface area contributed by atoms with E-state index in [2.05, 4.69) is 12.2 Å². The molecule has 33 heavy (non-hydrogen) atoms. The molecular weight excluding hydrogens is 420 g/mol. The molecule has 0 rings (SSSR count). The van der Waals surface area contributed by atoms with Crippen LogP contribution in [0.25, 0.3) is 0 Å². The molecule has 1 amide bonds. The highest BCUT2D eigenvalue weighted by molar-refractivity contribution is 5.76. The molecule has 0 aromatic carbocycles. The fraction of sp³-hybridized carbons (Fsp3) is 0.885. The van der Waals surface area contributed by atoms with Gasteiger partial charge in [-0.3, -0.25) is 14.4 Å². The largest absolute Gasteiger partial charge is 0.464 e. The molecule has 0 fully saturated rings. The van der Waals surface area contributed by atoms with Crippen LogP contribution in [0.3, 0.4) is 0 Å². The van der Waals surface area contributed by atoms with Gasteiger partial charge in [-0.2, -0.15) is 0 Å². The van der Waals surface area contributed by atoms with Gasteiger partial charge in [0.1, 0.15) is 13.2 Å². The molecule has 0 radical (unpaired) electrons. The topological polar surface area (TPSA) is 84.9 Å². The van der Waals surface area contributed by atoms with Crippen molar-refractivity contribution in [3.8, 4) is 0 Å². The Hall–Kier alpha value is -1.63. The number of nitrogens with one attached hydrogen (secondary N) is 1. The minimum absolute atomic E-state index is 0.00363. The average molecular weight is 471 g/mol. The minimum Gasteiger partial charge on any atom is -0.464 e. The van der Waals surface area contributed by atoms with Crippen molar-refractivity contribution in [3.63, 3.8) is 0 Å². The first-order valence-corrected chi connectivity index (χ1v) is 12.9. The Morgan fingerprint density at radius 1 is 0.727 bits per heavy atom. The molecule has 0 saturated carbocycles. The van der Waals surface area contributed by atoms with Crippen LogP contribution in [0.1, 0.15) is 111 Å². The van der Waals surface area contributed by atoms with Gasteiger partial charge >= 0.3 is 11.9 Å². The zero-order valence-corrected chi connectivity index (χ0v) is 22.0. The molecule has 0 saturated heterocycles. The van der Waals surface area contributed by atoms with Crippen LogP contribution < -0.4 is 5.32 Å². The number of carbonyl (C=O) groups excluding carboxylic acids is 3. The molecule has 0 unspecified atom stereocenters. The summed E-state index contributed by atoms with van der Waals surface area (Å²) in [4.78, 5) is 37.7. The number of unbranched alkanes of at least 4 members (excludes halogenated alkanes) is 9. The lowest BCUT2D eigenvalue weighted by atomic mass is 10.1. The monoisotopic (exact) mass is 470 g/mol. The summed E-state index contributed by atoms with van der Waals surface area (Å²) in [6.07, 6.45) is 12.7. The zero-order valence-electron chi connectivity index (χ0n) is 22.0. The SMILES string of the molecule is CCCCCCCC(=O)OCC(C)(C)NC(=O)CCCCCCCCC(=O)OCCN(C)C. The quantitative estimate of drug-likeness (QED) is 0.187. The van der Waals surface area contributed by atoms with Crippen LogP contribution in [-0.4, -0.2) is 62.1 Å². The summed E-state index contributed by atoms with van der Waals surface area (Å²) < 4.78 is 10.5. The highest BCUT2D eigenvalue weighted by Crippen LogP contribution is 2.11. The number of likely N-dealkylation sites (N-methyl/N-ethyl adjacent to an activating group) is 1. The first kappa shape index (κ1) is 31.4. The smallest absolute Gasteiger partial charge is 0.305 e. The molecule has 7 nitrogen and oxygen atoms in total. The third-order valence-electron chi connectivity index (χ3n) is 5.39. The fourth-order valence-electron chi connectivity index (χ4n) is 3.36. The molecule has 0 aromatic rings. The van der Waals surface area contributed by atoms with Crippen LogP contribution in [-0.2, 0) is 23.9 Å². The molecule has 7 heteroatoms. The Morgan fingerprint density at radius 3 is 1.76 bits per heavy atom. The van der Waals surface area contributed by atoms with E-state index in [1.165, 1.54) is 12.8 Å². The van der Waals surface area contributed by atoms with Crippen molar-refractivity contribution >= 4 is 17.8 Å². The Labute approximate surface area is 202 Å². The van der Waals surface area contributed by atoms with E-state index in [-0.39, 0.29) is 24.5 Å². The van der Waals surface area contributed by atoms with Gasteiger partial charge in [0.25, 0.3) is 0 Å². The number of ether oxygens (including phenoxy) is 2. The van der Waals surface area contributed by atoms with Gasteiger partial charge < -0.3 is 19.7 Å². The molecule has 0 aliphatic rings. The van der Waals surface area contributed by atoms with Crippen molar-refractivity contribution in [3.05, 3.63) is 0 Å². The lowest BCUT2D eigenvalue weighted by Gasteiger charge is -2.26. The predicted molar refractivity (Wildman–Crippen MR) is 133 cm³/mol. The summed E-state index contributed by atoms with van der Waals surface area (Å²) >= 11 is 0. The number of hydrogen-bond donors (Lipinski definition) is 1. The third kappa shape index (κ3) is 22.0. The number of hydrogen-bond acceptors (Lipinski definition) is 6. The average Bonchev–Trinajstić information content (AvgIpc) is 2.73. The molecule has 0 aromatic heterocycles. The maximum atomic E-state index is 12.2. The van der Waals surface area contributed by atoms with Gasteiger partial charge in [0.15, 0.2) is 0 Å². The summed E-state index contributed by atoms with van der Waals surface area (Å²) in [5, 5.41) is 2.97. The number of carbonyl (C=O) groups is 3. The van der Waals surface area contributed by atoms with Crippen molar-refractivity contribution in [2.45, 2.75) is 116 Å². The second-order valence-corrected chi connectivity index (χ2v) is 9.90. The molecule has 1 N–H and O–H groups in total. The molecule has 0 bridgehead atoms. The molecular formula is C26H50N2O5. The Kier molecular flexibility index (Phi) is 18.8. The normalized spacial score (nSPS) is 11.5. The highest BCUT2D eigenvalue weighted by Gasteiger charge is 2.22. The van der Waals surface area contributed by atoms with Crippen LogP contribution in [0.2, 0.25) is 0 Å². The predicted octanol–water partition coefficient (Wildman–Crippen LogP) is 5.01. The Bertz CT molecular complexity index is 535. The van der Waals surface area contributed by atoms with Gasteiger partial charge in [-0.05, 0) is 47.2 Å². The van der Waals surface area contributed by atoms with Crippen LogP contribution in [0, 0.1) is 0 Å². The van der Waals surface area contributed by atoms with Crippen molar-refractivity contribution in [1.82, 2.24) is 10.2 Å². The Morgan fingerprint density at radius 2 is 1.21 bits per heavy atom. The van der Waals surface area contributed by atoms with Crippen molar-refractivity contribution in [2.75, 3.05) is 33.9 Å². The van der Waals surface area contributed by atoms with E-state index in [4.69, 9.17) is 9.47 Å². The number of rotatable bonds is 21. The Balaban J connectivity index is 3.69. The van der Waals surface area contributed by atoms with E-state index in [1.807, 2.05) is 32.8 Å². The number of esters is 2. The summed E-state index contributed by atoms with van der Waals surface area (Å²) in [6.45, 7) is 7.33. The van der Waals surface area contributed by atoms with Crippen molar-refractivity contribution in [1.29, 1.82) is 0 Å². The van der Waals surface area contributed by atoms with Crippen molar-refractivity contribution in [2.24, 2.45) is 0 Å². The minimum atomic E-state index is -0.559. The van der Waals surface area contributed by atoms with Crippen LogP contribution in [0.4, 0.5) is 0 Å². The first-order chi connectivity index (χ1) is 15.7. The van der Waals surface area contributed by atoms with Crippen LogP contribution >= 0.6 is 0 Å². The van der Waals surface area contributed by atoms with Gasteiger partial charge in [-0.25, -0.2) is 0 Å². The molecule has 0 spiro atoms. The van der Waals surface area contributed by atoms with Gasteiger partial charge in [0.2, 0.25) is 5.91 Å². The van der Waals surface area contributed by atoms with Crippen molar-refractivity contribution < 1.29 is 23.9 Å². The van der Waals surface area contributed by atoms with E-state index in [9.17, 15) is 14.4 Å². The van der Waals surface area contributed by atoms with E-state index >= 15 is 0 Å². The molecule has 0 aliphatic carbocycles.